The fourth-order valence-corrected chi connectivity index (χ4v) is 2.37. The Labute approximate surface area is 147 Å². The quantitative estimate of drug-likeness (QED) is 0.598. The number of benzene rings is 2. The number of anilines is 1. The van der Waals surface area contributed by atoms with E-state index in [9.17, 15) is 9.90 Å². The molecule has 0 aliphatic carbocycles. The first kappa shape index (κ1) is 17.2. The van der Waals surface area contributed by atoms with Crippen molar-refractivity contribution in [1.29, 1.82) is 5.26 Å². The Morgan fingerprint density at radius 3 is 2.39 bits per heavy atom. The van der Waals surface area contributed by atoms with E-state index in [4.69, 9.17) is 40.1 Å². The Balaban J connectivity index is 2.30. The first-order chi connectivity index (χ1) is 10.9. The fourth-order valence-electron chi connectivity index (χ4n) is 1.73. The summed E-state index contributed by atoms with van der Waals surface area (Å²) in [5.41, 5.74) is 0.438. The summed E-state index contributed by atoms with van der Waals surface area (Å²) in [5, 5.41) is 22.4. The van der Waals surface area contributed by atoms with E-state index in [0.717, 1.165) is 0 Å². The second-order valence-electron chi connectivity index (χ2n) is 4.46. The zero-order valence-corrected chi connectivity index (χ0v) is 13.7. The predicted octanol–water partition coefficient (Wildman–Crippen LogP) is 4.90. The Morgan fingerprint density at radius 2 is 1.78 bits per heavy atom. The van der Waals surface area contributed by atoms with Crippen molar-refractivity contribution in [2.24, 2.45) is 0 Å². The number of nitrogens with zero attached hydrogens (tertiary/aromatic N) is 1. The van der Waals surface area contributed by atoms with Crippen molar-refractivity contribution in [1.82, 2.24) is 0 Å². The number of carbonyl (C=O) groups is 1. The maximum atomic E-state index is 12.1. The lowest BCUT2D eigenvalue weighted by Crippen LogP contribution is -2.13. The van der Waals surface area contributed by atoms with Crippen LogP contribution in [0.2, 0.25) is 15.1 Å². The molecule has 23 heavy (non-hydrogen) atoms. The van der Waals surface area contributed by atoms with Gasteiger partial charge in [-0.3, -0.25) is 4.79 Å². The molecule has 0 spiro atoms. The van der Waals surface area contributed by atoms with Crippen molar-refractivity contribution in [3.8, 4) is 11.8 Å². The topological polar surface area (TPSA) is 73.1 Å². The van der Waals surface area contributed by atoms with Crippen LogP contribution in [-0.4, -0.2) is 11.0 Å². The summed E-state index contributed by atoms with van der Waals surface area (Å²) >= 11 is 17.4. The van der Waals surface area contributed by atoms with Gasteiger partial charge in [-0.15, -0.1) is 0 Å². The van der Waals surface area contributed by atoms with Gasteiger partial charge in [0, 0.05) is 21.3 Å². The molecule has 2 N–H and O–H groups in total. The molecular weight excluding hydrogens is 359 g/mol. The van der Waals surface area contributed by atoms with Crippen LogP contribution in [0.1, 0.15) is 5.56 Å². The first-order valence-corrected chi connectivity index (χ1v) is 7.41. The van der Waals surface area contributed by atoms with Crippen LogP contribution in [0.3, 0.4) is 0 Å². The normalized spacial score (nSPS) is 11.0. The van der Waals surface area contributed by atoms with Crippen LogP contribution in [0.4, 0.5) is 5.69 Å². The number of nitrogens with one attached hydrogen (secondary N) is 1. The molecule has 0 saturated carbocycles. The Morgan fingerprint density at radius 1 is 1.13 bits per heavy atom. The number of phenolic OH excluding ortho intramolecular Hbond substituents is 1. The first-order valence-electron chi connectivity index (χ1n) is 6.27. The van der Waals surface area contributed by atoms with Crippen LogP contribution in [0.15, 0.2) is 42.0 Å². The Kier molecular flexibility index (Phi) is 5.51. The second kappa shape index (κ2) is 7.38. The molecule has 4 nitrogen and oxygen atoms in total. The molecule has 0 heterocycles. The van der Waals surface area contributed by atoms with Gasteiger partial charge < -0.3 is 10.4 Å². The molecule has 0 aliphatic heterocycles. The lowest BCUT2D eigenvalue weighted by Gasteiger charge is -2.06. The molecule has 0 aromatic heterocycles. The molecule has 7 heteroatoms. The predicted molar refractivity (Wildman–Crippen MR) is 91.8 cm³/mol. The third kappa shape index (κ3) is 4.40. The summed E-state index contributed by atoms with van der Waals surface area (Å²) in [6.07, 6.45) is 1.21. The van der Waals surface area contributed by atoms with Crippen LogP contribution >= 0.6 is 34.8 Å². The van der Waals surface area contributed by atoms with E-state index in [-0.39, 0.29) is 26.9 Å². The zero-order valence-electron chi connectivity index (χ0n) is 11.5. The van der Waals surface area contributed by atoms with Crippen molar-refractivity contribution in [3.63, 3.8) is 0 Å². The average Bonchev–Trinajstić information content (AvgIpc) is 2.51. The van der Waals surface area contributed by atoms with Gasteiger partial charge in [0.25, 0.3) is 5.91 Å². The summed E-state index contributed by atoms with van der Waals surface area (Å²) in [4.78, 5) is 12.1. The minimum atomic E-state index is -0.634. The minimum absolute atomic E-state index is 0.0270. The van der Waals surface area contributed by atoms with Crippen molar-refractivity contribution >= 4 is 52.5 Å². The molecular formula is C16H9Cl3N2O2. The summed E-state index contributed by atoms with van der Waals surface area (Å²) in [6, 6.07) is 10.9. The Hall–Kier alpha value is -2.19. The van der Waals surface area contributed by atoms with Gasteiger partial charge in [-0.1, -0.05) is 34.8 Å². The van der Waals surface area contributed by atoms with Gasteiger partial charge in [0.2, 0.25) is 0 Å². The zero-order chi connectivity index (χ0) is 17.0. The number of hydrogen-bond acceptors (Lipinski definition) is 3. The van der Waals surface area contributed by atoms with E-state index < -0.39 is 5.91 Å². The van der Waals surface area contributed by atoms with Gasteiger partial charge >= 0.3 is 0 Å². The highest BCUT2D eigenvalue weighted by molar-refractivity contribution is 6.36. The summed E-state index contributed by atoms with van der Waals surface area (Å²) in [6.45, 7) is 0. The third-order valence-corrected chi connectivity index (χ3v) is 3.58. The largest absolute Gasteiger partial charge is 0.506 e. The van der Waals surface area contributed by atoms with E-state index >= 15 is 0 Å². The van der Waals surface area contributed by atoms with E-state index in [0.29, 0.717) is 10.7 Å². The monoisotopic (exact) mass is 366 g/mol. The molecule has 1 amide bonds. The van der Waals surface area contributed by atoms with Crippen LogP contribution < -0.4 is 5.32 Å². The standard InChI is InChI=1S/C16H9Cl3N2O2/c17-11-1-3-13(4-2-11)21-16(23)10(8-20)5-9-6-12(18)7-14(19)15(9)22/h1-7,22H,(H,21,23)/b10-5+. The molecule has 2 aromatic carbocycles. The number of amides is 1. The number of halogens is 3. The smallest absolute Gasteiger partial charge is 0.266 e. The van der Waals surface area contributed by atoms with Crippen LogP contribution in [0.25, 0.3) is 6.08 Å². The molecule has 0 atom stereocenters. The van der Waals surface area contributed by atoms with Gasteiger partial charge in [0.15, 0.2) is 0 Å². The van der Waals surface area contributed by atoms with Crippen LogP contribution in [0.5, 0.6) is 5.75 Å². The molecule has 0 saturated heterocycles. The lowest BCUT2D eigenvalue weighted by atomic mass is 10.1. The van der Waals surface area contributed by atoms with Crippen molar-refractivity contribution in [3.05, 3.63) is 62.6 Å². The maximum Gasteiger partial charge on any atom is 0.266 e. The summed E-state index contributed by atoms with van der Waals surface area (Å²) in [7, 11) is 0. The summed E-state index contributed by atoms with van der Waals surface area (Å²) in [5.74, 6) is -0.895. The van der Waals surface area contributed by atoms with Crippen LogP contribution in [0, 0.1) is 11.3 Å². The molecule has 0 unspecified atom stereocenters. The van der Waals surface area contributed by atoms with Crippen molar-refractivity contribution < 1.29 is 9.90 Å². The highest BCUT2D eigenvalue weighted by Crippen LogP contribution is 2.32. The van der Waals surface area contributed by atoms with E-state index in [1.54, 1.807) is 30.3 Å². The second-order valence-corrected chi connectivity index (χ2v) is 5.74. The SMILES string of the molecule is N#C/C(=C\c1cc(Cl)cc(Cl)c1O)C(=O)Nc1ccc(Cl)cc1. The highest BCUT2D eigenvalue weighted by atomic mass is 35.5. The molecule has 0 radical (unpaired) electrons. The van der Waals surface area contributed by atoms with Gasteiger partial charge in [-0.05, 0) is 42.5 Å². The number of rotatable bonds is 3. The molecule has 2 aromatic rings. The molecule has 116 valence electrons. The Bertz CT molecular complexity index is 824. The molecule has 0 bridgehead atoms. The maximum absolute atomic E-state index is 12.1. The van der Waals surface area contributed by atoms with Crippen molar-refractivity contribution in [2.45, 2.75) is 0 Å². The highest BCUT2D eigenvalue weighted by Gasteiger charge is 2.13. The van der Waals surface area contributed by atoms with Gasteiger partial charge in [0.1, 0.15) is 17.4 Å². The van der Waals surface area contributed by atoms with Crippen molar-refractivity contribution in [2.75, 3.05) is 5.32 Å². The number of carbonyl (C=O) groups excluding carboxylic acids is 1. The summed E-state index contributed by atoms with van der Waals surface area (Å²) < 4.78 is 0. The van der Waals surface area contributed by atoms with Gasteiger partial charge in [0.05, 0.1) is 5.02 Å². The van der Waals surface area contributed by atoms with Crippen LogP contribution in [-0.2, 0) is 4.79 Å². The van der Waals surface area contributed by atoms with Gasteiger partial charge in [-0.2, -0.15) is 5.26 Å². The third-order valence-electron chi connectivity index (χ3n) is 2.82. The average molecular weight is 368 g/mol. The number of aromatic hydroxyl groups is 1. The minimum Gasteiger partial charge on any atom is -0.506 e. The number of nitriles is 1. The fraction of sp³-hybridized carbons (Fsp3) is 0. The number of hydrogen-bond donors (Lipinski definition) is 2. The number of phenols is 1. The van der Waals surface area contributed by atoms with E-state index in [2.05, 4.69) is 5.32 Å². The van der Waals surface area contributed by atoms with Gasteiger partial charge in [-0.25, -0.2) is 0 Å². The van der Waals surface area contributed by atoms with E-state index in [1.165, 1.54) is 18.2 Å². The van der Waals surface area contributed by atoms with E-state index in [1.807, 2.05) is 0 Å². The molecule has 0 aliphatic rings. The lowest BCUT2D eigenvalue weighted by molar-refractivity contribution is -0.112. The molecule has 2 rings (SSSR count). The molecule has 0 fully saturated rings.